The zero-order chi connectivity index (χ0) is 13.4. The molecule has 0 aliphatic rings. The first-order valence-corrected chi connectivity index (χ1v) is 6.83. The van der Waals surface area contributed by atoms with Gasteiger partial charge in [0.25, 0.3) is 5.91 Å². The van der Waals surface area contributed by atoms with E-state index in [1.165, 1.54) is 0 Å². The summed E-state index contributed by atoms with van der Waals surface area (Å²) < 4.78 is 6.47. The first-order valence-electron chi connectivity index (χ1n) is 6.03. The van der Waals surface area contributed by atoms with Crippen molar-refractivity contribution in [3.8, 4) is 5.75 Å². The highest BCUT2D eigenvalue weighted by molar-refractivity contribution is 9.10. The third-order valence-corrected chi connectivity index (χ3v) is 2.90. The summed E-state index contributed by atoms with van der Waals surface area (Å²) in [5.41, 5.74) is 5.38. The van der Waals surface area contributed by atoms with Gasteiger partial charge < -0.3 is 15.8 Å². The molecule has 0 fully saturated rings. The van der Waals surface area contributed by atoms with Crippen LogP contribution in [-0.4, -0.2) is 25.1 Å². The molecule has 0 radical (unpaired) electrons. The molecular formula is C13H19BrN2O2. The van der Waals surface area contributed by atoms with E-state index in [0.29, 0.717) is 18.8 Å². The molecule has 0 heterocycles. The monoisotopic (exact) mass is 314 g/mol. The molecule has 1 atom stereocenters. The van der Waals surface area contributed by atoms with Crippen molar-refractivity contribution >= 4 is 21.8 Å². The average Bonchev–Trinajstić information content (AvgIpc) is 2.34. The molecular weight excluding hydrogens is 296 g/mol. The van der Waals surface area contributed by atoms with Crippen molar-refractivity contribution in [3.63, 3.8) is 0 Å². The van der Waals surface area contributed by atoms with Gasteiger partial charge in [0, 0.05) is 11.0 Å². The number of benzene rings is 1. The van der Waals surface area contributed by atoms with Gasteiger partial charge in [0.1, 0.15) is 5.75 Å². The van der Waals surface area contributed by atoms with E-state index in [0.717, 1.165) is 17.3 Å². The summed E-state index contributed by atoms with van der Waals surface area (Å²) >= 11 is 3.36. The molecule has 0 saturated heterocycles. The molecule has 1 unspecified atom stereocenters. The summed E-state index contributed by atoms with van der Waals surface area (Å²) in [4.78, 5) is 11.7. The first-order chi connectivity index (χ1) is 8.63. The van der Waals surface area contributed by atoms with Gasteiger partial charge in [0.2, 0.25) is 0 Å². The van der Waals surface area contributed by atoms with Crippen LogP contribution in [0.2, 0.25) is 0 Å². The largest absolute Gasteiger partial charge is 0.481 e. The minimum atomic E-state index is -0.503. The van der Waals surface area contributed by atoms with E-state index in [1.54, 1.807) is 6.92 Å². The Kier molecular flexibility index (Phi) is 6.75. The molecule has 0 spiro atoms. The van der Waals surface area contributed by atoms with E-state index in [1.807, 2.05) is 24.3 Å². The summed E-state index contributed by atoms with van der Waals surface area (Å²) in [6, 6.07) is 7.43. The van der Waals surface area contributed by atoms with Gasteiger partial charge in [0.15, 0.2) is 6.10 Å². The van der Waals surface area contributed by atoms with Crippen LogP contribution in [0.25, 0.3) is 0 Å². The lowest BCUT2D eigenvalue weighted by atomic mass is 10.3. The highest BCUT2D eigenvalue weighted by Gasteiger charge is 2.13. The Balaban J connectivity index is 2.35. The lowest BCUT2D eigenvalue weighted by molar-refractivity contribution is -0.127. The highest BCUT2D eigenvalue weighted by atomic mass is 79.9. The van der Waals surface area contributed by atoms with Crippen molar-refractivity contribution < 1.29 is 9.53 Å². The van der Waals surface area contributed by atoms with Crippen LogP contribution in [0.1, 0.15) is 19.8 Å². The van der Waals surface area contributed by atoms with Crippen LogP contribution in [0, 0.1) is 0 Å². The van der Waals surface area contributed by atoms with Crippen LogP contribution in [0.4, 0.5) is 0 Å². The average molecular weight is 315 g/mol. The number of rotatable bonds is 7. The Labute approximate surface area is 116 Å². The molecule has 4 nitrogen and oxygen atoms in total. The lowest BCUT2D eigenvalue weighted by Gasteiger charge is -2.14. The molecule has 1 aromatic rings. The SMILES string of the molecule is CC(Oc1cccc(Br)c1)C(=O)NCCCCN. The predicted octanol–water partition coefficient (Wildman–Crippen LogP) is 2.07. The zero-order valence-electron chi connectivity index (χ0n) is 10.5. The molecule has 5 heteroatoms. The Morgan fingerprint density at radius 3 is 2.94 bits per heavy atom. The number of carbonyl (C=O) groups is 1. The fourth-order valence-corrected chi connectivity index (χ4v) is 1.80. The number of nitrogens with one attached hydrogen (secondary N) is 1. The van der Waals surface area contributed by atoms with Crippen LogP contribution in [0.3, 0.4) is 0 Å². The van der Waals surface area contributed by atoms with Gasteiger partial charge in [0.05, 0.1) is 0 Å². The fraction of sp³-hybridized carbons (Fsp3) is 0.462. The van der Waals surface area contributed by atoms with E-state index < -0.39 is 6.10 Å². The van der Waals surface area contributed by atoms with E-state index in [-0.39, 0.29) is 5.91 Å². The minimum Gasteiger partial charge on any atom is -0.481 e. The highest BCUT2D eigenvalue weighted by Crippen LogP contribution is 2.18. The first kappa shape index (κ1) is 15.0. The number of ether oxygens (including phenoxy) is 1. The summed E-state index contributed by atoms with van der Waals surface area (Å²) in [7, 11) is 0. The maximum atomic E-state index is 11.7. The minimum absolute atomic E-state index is 0.105. The van der Waals surface area contributed by atoms with Crippen molar-refractivity contribution in [1.82, 2.24) is 5.32 Å². The fourth-order valence-electron chi connectivity index (χ4n) is 1.42. The number of carbonyl (C=O) groups excluding carboxylic acids is 1. The van der Waals surface area contributed by atoms with Crippen molar-refractivity contribution in [3.05, 3.63) is 28.7 Å². The summed E-state index contributed by atoms with van der Waals surface area (Å²) in [6.07, 6.45) is 1.31. The van der Waals surface area contributed by atoms with Gasteiger partial charge in [-0.25, -0.2) is 0 Å². The van der Waals surface area contributed by atoms with Crippen LogP contribution < -0.4 is 15.8 Å². The van der Waals surface area contributed by atoms with Crippen LogP contribution in [0.15, 0.2) is 28.7 Å². The summed E-state index contributed by atoms with van der Waals surface area (Å²) in [5, 5.41) is 2.82. The van der Waals surface area contributed by atoms with E-state index in [2.05, 4.69) is 21.2 Å². The molecule has 100 valence electrons. The van der Waals surface area contributed by atoms with Crippen molar-refractivity contribution in [2.75, 3.05) is 13.1 Å². The van der Waals surface area contributed by atoms with Crippen molar-refractivity contribution in [2.45, 2.75) is 25.9 Å². The van der Waals surface area contributed by atoms with Crippen molar-refractivity contribution in [1.29, 1.82) is 0 Å². The predicted molar refractivity (Wildman–Crippen MR) is 75.5 cm³/mol. The molecule has 18 heavy (non-hydrogen) atoms. The zero-order valence-corrected chi connectivity index (χ0v) is 12.1. The van der Waals surface area contributed by atoms with E-state index in [4.69, 9.17) is 10.5 Å². The second kappa shape index (κ2) is 8.11. The van der Waals surface area contributed by atoms with Gasteiger partial charge in [-0.1, -0.05) is 22.0 Å². The molecule has 0 bridgehead atoms. The van der Waals surface area contributed by atoms with Crippen LogP contribution in [-0.2, 0) is 4.79 Å². The smallest absolute Gasteiger partial charge is 0.260 e. The molecule has 1 aromatic carbocycles. The van der Waals surface area contributed by atoms with Crippen molar-refractivity contribution in [2.24, 2.45) is 5.73 Å². The Bertz CT molecular complexity index is 385. The second-order valence-electron chi connectivity index (χ2n) is 4.00. The quantitative estimate of drug-likeness (QED) is 0.757. The lowest BCUT2D eigenvalue weighted by Crippen LogP contribution is -2.36. The van der Waals surface area contributed by atoms with Gasteiger partial charge in [-0.05, 0) is 44.5 Å². The Morgan fingerprint density at radius 2 is 2.28 bits per heavy atom. The number of nitrogens with two attached hydrogens (primary N) is 1. The summed E-state index contributed by atoms with van der Waals surface area (Å²) in [5.74, 6) is 0.570. The number of halogens is 1. The molecule has 0 aliphatic carbocycles. The second-order valence-corrected chi connectivity index (χ2v) is 4.92. The van der Waals surface area contributed by atoms with Crippen LogP contribution in [0.5, 0.6) is 5.75 Å². The number of amides is 1. The number of hydrogen-bond donors (Lipinski definition) is 2. The molecule has 1 amide bonds. The van der Waals surface area contributed by atoms with Crippen LogP contribution >= 0.6 is 15.9 Å². The standard InChI is InChI=1S/C13H19BrN2O2/c1-10(13(17)16-8-3-2-7-15)18-12-6-4-5-11(14)9-12/h4-6,9-10H,2-3,7-8,15H2,1H3,(H,16,17). The van der Waals surface area contributed by atoms with E-state index >= 15 is 0 Å². The third kappa shape index (κ3) is 5.51. The number of unbranched alkanes of at least 4 members (excludes halogenated alkanes) is 1. The molecule has 0 saturated carbocycles. The maximum Gasteiger partial charge on any atom is 0.260 e. The number of hydrogen-bond acceptors (Lipinski definition) is 3. The van der Waals surface area contributed by atoms with Gasteiger partial charge in [-0.15, -0.1) is 0 Å². The topological polar surface area (TPSA) is 64.3 Å². The molecule has 0 aliphatic heterocycles. The molecule has 1 rings (SSSR count). The Hall–Kier alpha value is -1.07. The third-order valence-electron chi connectivity index (χ3n) is 2.41. The normalized spacial score (nSPS) is 11.9. The molecule has 3 N–H and O–H groups in total. The van der Waals surface area contributed by atoms with Gasteiger partial charge in [-0.3, -0.25) is 4.79 Å². The maximum absolute atomic E-state index is 11.7. The van der Waals surface area contributed by atoms with Gasteiger partial charge >= 0.3 is 0 Å². The van der Waals surface area contributed by atoms with Gasteiger partial charge in [-0.2, -0.15) is 0 Å². The Morgan fingerprint density at radius 1 is 1.50 bits per heavy atom. The summed E-state index contributed by atoms with van der Waals surface area (Å²) in [6.45, 7) is 3.03. The molecule has 0 aromatic heterocycles. The van der Waals surface area contributed by atoms with E-state index in [9.17, 15) is 4.79 Å².